The maximum Gasteiger partial charge on any atom is 0.418 e. The standard InChI is InChI=1S/C10H11F3N2O2S/c1-17-9(16)2-3-18-7-4-8(14)15-5-6(7)10(11,12)13/h4-5H,2-3H2,1H3,(H2,14,15). The van der Waals surface area contributed by atoms with Crippen molar-refractivity contribution in [1.29, 1.82) is 0 Å². The molecule has 1 aromatic rings. The molecular formula is C10H11F3N2O2S. The van der Waals surface area contributed by atoms with E-state index < -0.39 is 17.7 Å². The van der Waals surface area contributed by atoms with E-state index in [0.29, 0.717) is 6.20 Å². The second-order valence-electron chi connectivity index (χ2n) is 3.28. The summed E-state index contributed by atoms with van der Waals surface area (Å²) in [6, 6.07) is 1.14. The van der Waals surface area contributed by atoms with E-state index in [-0.39, 0.29) is 22.9 Å². The normalized spacial score (nSPS) is 11.3. The first kappa shape index (κ1) is 14.6. The Bertz CT molecular complexity index is 438. The van der Waals surface area contributed by atoms with E-state index in [1.54, 1.807) is 0 Å². The van der Waals surface area contributed by atoms with Crippen molar-refractivity contribution in [3.63, 3.8) is 0 Å². The molecule has 1 heterocycles. The number of alkyl halides is 3. The monoisotopic (exact) mass is 280 g/mol. The highest BCUT2D eigenvalue weighted by Crippen LogP contribution is 2.37. The first-order valence-corrected chi connectivity index (χ1v) is 5.85. The van der Waals surface area contributed by atoms with Crippen molar-refractivity contribution in [3.05, 3.63) is 17.8 Å². The number of nitrogen functional groups attached to an aromatic ring is 1. The van der Waals surface area contributed by atoms with Gasteiger partial charge in [-0.05, 0) is 6.07 Å². The van der Waals surface area contributed by atoms with Crippen molar-refractivity contribution in [2.24, 2.45) is 0 Å². The molecule has 18 heavy (non-hydrogen) atoms. The van der Waals surface area contributed by atoms with Gasteiger partial charge in [0.05, 0.1) is 19.1 Å². The van der Waals surface area contributed by atoms with E-state index in [4.69, 9.17) is 5.73 Å². The molecule has 4 nitrogen and oxygen atoms in total. The number of ether oxygens (including phenoxy) is 1. The van der Waals surface area contributed by atoms with Crippen LogP contribution in [0.5, 0.6) is 0 Å². The Labute approximate surface area is 106 Å². The van der Waals surface area contributed by atoms with Crippen molar-refractivity contribution in [2.45, 2.75) is 17.5 Å². The van der Waals surface area contributed by atoms with Gasteiger partial charge in [0.15, 0.2) is 0 Å². The third kappa shape index (κ3) is 4.10. The second-order valence-corrected chi connectivity index (χ2v) is 4.41. The average Bonchev–Trinajstić information content (AvgIpc) is 2.27. The van der Waals surface area contributed by atoms with Crippen LogP contribution < -0.4 is 5.73 Å². The molecule has 0 atom stereocenters. The van der Waals surface area contributed by atoms with E-state index in [1.807, 2.05) is 0 Å². The topological polar surface area (TPSA) is 65.2 Å². The van der Waals surface area contributed by atoms with Crippen LogP contribution in [0.3, 0.4) is 0 Å². The molecule has 0 unspecified atom stereocenters. The third-order valence-corrected chi connectivity index (χ3v) is 3.04. The maximum atomic E-state index is 12.6. The zero-order chi connectivity index (χ0) is 13.8. The molecule has 0 amide bonds. The highest BCUT2D eigenvalue weighted by Gasteiger charge is 2.34. The Kier molecular flexibility index (Phi) is 4.83. The van der Waals surface area contributed by atoms with Crippen LogP contribution in [0.1, 0.15) is 12.0 Å². The second kappa shape index (κ2) is 5.94. The molecule has 0 saturated heterocycles. The largest absolute Gasteiger partial charge is 0.469 e. The minimum absolute atomic E-state index is 0.00330. The lowest BCUT2D eigenvalue weighted by atomic mass is 10.3. The van der Waals surface area contributed by atoms with Gasteiger partial charge in [-0.3, -0.25) is 4.79 Å². The quantitative estimate of drug-likeness (QED) is 0.677. The molecule has 0 fully saturated rings. The number of nitrogens with zero attached hydrogens (tertiary/aromatic N) is 1. The van der Waals surface area contributed by atoms with Crippen molar-refractivity contribution >= 4 is 23.5 Å². The summed E-state index contributed by atoms with van der Waals surface area (Å²) >= 11 is 0.891. The van der Waals surface area contributed by atoms with E-state index >= 15 is 0 Å². The fourth-order valence-corrected chi connectivity index (χ4v) is 2.15. The number of carbonyl (C=O) groups excluding carboxylic acids is 1. The number of hydrogen-bond donors (Lipinski definition) is 1. The molecule has 0 aliphatic rings. The number of esters is 1. The molecule has 8 heteroatoms. The zero-order valence-corrected chi connectivity index (χ0v) is 10.3. The van der Waals surface area contributed by atoms with Gasteiger partial charge in [0, 0.05) is 16.8 Å². The van der Waals surface area contributed by atoms with Crippen LogP contribution in [-0.4, -0.2) is 23.8 Å². The molecule has 0 saturated carbocycles. The molecule has 1 rings (SSSR count). The van der Waals surface area contributed by atoms with Gasteiger partial charge in [0.1, 0.15) is 5.82 Å². The molecule has 1 aromatic heterocycles. The summed E-state index contributed by atoms with van der Waals surface area (Å²) in [5.41, 5.74) is 4.49. The summed E-state index contributed by atoms with van der Waals surface area (Å²) in [7, 11) is 1.22. The van der Waals surface area contributed by atoms with Crippen LogP contribution in [0.4, 0.5) is 19.0 Å². The van der Waals surface area contributed by atoms with Crippen LogP contribution in [-0.2, 0) is 15.7 Å². The highest BCUT2D eigenvalue weighted by atomic mass is 32.2. The minimum atomic E-state index is -4.49. The third-order valence-electron chi connectivity index (χ3n) is 1.98. The number of methoxy groups -OCH3 is 1. The van der Waals surface area contributed by atoms with Gasteiger partial charge in [-0.1, -0.05) is 0 Å². The summed E-state index contributed by atoms with van der Waals surface area (Å²) in [5, 5.41) is 0. The number of aromatic nitrogens is 1. The Morgan fingerprint density at radius 2 is 2.22 bits per heavy atom. The number of nitrogens with two attached hydrogens (primary N) is 1. The van der Waals surface area contributed by atoms with Gasteiger partial charge < -0.3 is 10.5 Å². The SMILES string of the molecule is COC(=O)CCSc1cc(N)ncc1C(F)(F)F. The lowest BCUT2D eigenvalue weighted by molar-refractivity contribution is -0.140. The van der Waals surface area contributed by atoms with Gasteiger partial charge >= 0.3 is 12.1 Å². The fraction of sp³-hybridized carbons (Fsp3) is 0.400. The first-order valence-electron chi connectivity index (χ1n) is 4.87. The Morgan fingerprint density at radius 1 is 1.56 bits per heavy atom. The van der Waals surface area contributed by atoms with Crippen LogP contribution in [0, 0.1) is 0 Å². The molecule has 0 radical (unpaired) electrons. The van der Waals surface area contributed by atoms with Crippen LogP contribution in [0.2, 0.25) is 0 Å². The van der Waals surface area contributed by atoms with Gasteiger partial charge in [0.25, 0.3) is 0 Å². The summed E-state index contributed by atoms with van der Waals surface area (Å²) in [6.07, 6.45) is -3.77. The van der Waals surface area contributed by atoms with Crippen LogP contribution >= 0.6 is 11.8 Å². The van der Waals surface area contributed by atoms with Crippen molar-refractivity contribution in [3.8, 4) is 0 Å². The van der Waals surface area contributed by atoms with Gasteiger partial charge in [-0.15, -0.1) is 11.8 Å². The number of thioether (sulfide) groups is 1. The highest BCUT2D eigenvalue weighted by molar-refractivity contribution is 7.99. The van der Waals surface area contributed by atoms with Crippen molar-refractivity contribution < 1.29 is 22.7 Å². The van der Waals surface area contributed by atoms with Crippen LogP contribution in [0.25, 0.3) is 0 Å². The summed E-state index contributed by atoms with van der Waals surface area (Å²) < 4.78 is 42.3. The number of hydrogen-bond acceptors (Lipinski definition) is 5. The molecule has 2 N–H and O–H groups in total. The molecule has 0 aromatic carbocycles. The number of halogens is 3. The van der Waals surface area contributed by atoms with Crippen molar-refractivity contribution in [2.75, 3.05) is 18.6 Å². The summed E-state index contributed by atoms with van der Waals surface area (Å²) in [6.45, 7) is 0. The molecule has 0 aliphatic carbocycles. The predicted molar refractivity (Wildman–Crippen MR) is 61.0 cm³/mol. The Morgan fingerprint density at radius 3 is 2.78 bits per heavy atom. The number of carbonyl (C=O) groups is 1. The van der Waals surface area contributed by atoms with E-state index in [1.165, 1.54) is 7.11 Å². The molecule has 100 valence electrons. The van der Waals surface area contributed by atoms with E-state index in [2.05, 4.69) is 9.72 Å². The number of rotatable bonds is 4. The lowest BCUT2D eigenvalue weighted by Gasteiger charge is -2.12. The Hall–Kier alpha value is -1.44. The average molecular weight is 280 g/mol. The minimum Gasteiger partial charge on any atom is -0.469 e. The maximum absolute atomic E-state index is 12.6. The molecule has 0 bridgehead atoms. The molecule has 0 aliphatic heterocycles. The lowest BCUT2D eigenvalue weighted by Crippen LogP contribution is -2.09. The predicted octanol–water partition coefficient (Wildman–Crippen LogP) is 2.34. The van der Waals surface area contributed by atoms with E-state index in [9.17, 15) is 18.0 Å². The number of anilines is 1. The smallest absolute Gasteiger partial charge is 0.418 e. The zero-order valence-electron chi connectivity index (χ0n) is 9.45. The first-order chi connectivity index (χ1) is 8.34. The van der Waals surface area contributed by atoms with Gasteiger partial charge in [-0.2, -0.15) is 13.2 Å². The van der Waals surface area contributed by atoms with Gasteiger partial charge in [-0.25, -0.2) is 4.98 Å². The fourth-order valence-electron chi connectivity index (χ4n) is 1.13. The van der Waals surface area contributed by atoms with E-state index in [0.717, 1.165) is 17.8 Å². The summed E-state index contributed by atoms with van der Waals surface area (Å²) in [4.78, 5) is 14.2. The summed E-state index contributed by atoms with van der Waals surface area (Å²) in [5.74, 6) is -0.291. The van der Waals surface area contributed by atoms with Gasteiger partial charge in [0.2, 0.25) is 0 Å². The van der Waals surface area contributed by atoms with Crippen molar-refractivity contribution in [1.82, 2.24) is 4.98 Å². The van der Waals surface area contributed by atoms with Crippen LogP contribution in [0.15, 0.2) is 17.2 Å². The molecule has 0 spiro atoms. The Balaban J connectivity index is 2.80. The molecular weight excluding hydrogens is 269 g/mol. The number of pyridine rings is 1.